The maximum absolute atomic E-state index is 10.9. The van der Waals surface area contributed by atoms with Crippen molar-refractivity contribution >= 4 is 32.7 Å². The van der Waals surface area contributed by atoms with Crippen LogP contribution >= 0.6 is 15.9 Å². The molecule has 0 aliphatic rings. The van der Waals surface area contributed by atoms with Gasteiger partial charge < -0.3 is 9.84 Å². The van der Waals surface area contributed by atoms with Gasteiger partial charge in [-0.05, 0) is 46.4 Å². The zero-order valence-electron chi connectivity index (χ0n) is 9.11. The van der Waals surface area contributed by atoms with E-state index < -0.39 is 5.97 Å². The minimum Gasteiger partial charge on any atom is -0.494 e. The number of aromatic nitrogens is 1. The third-order valence-electron chi connectivity index (χ3n) is 2.29. The van der Waals surface area contributed by atoms with Crippen molar-refractivity contribution in [1.82, 2.24) is 4.98 Å². The van der Waals surface area contributed by atoms with Crippen LogP contribution in [0.4, 0.5) is 0 Å². The fourth-order valence-electron chi connectivity index (χ4n) is 1.55. The standard InChI is InChI=1S/C12H10BrNO3/c1-2-17-8-4-3-7-5-10(12(15)16)14-11(13)9(7)6-8/h3-6H,2H2,1H3,(H,15,16). The van der Waals surface area contributed by atoms with E-state index in [0.717, 1.165) is 16.5 Å². The zero-order chi connectivity index (χ0) is 12.4. The minimum atomic E-state index is -1.04. The average Bonchev–Trinajstić information content (AvgIpc) is 2.30. The predicted molar refractivity (Wildman–Crippen MR) is 67.6 cm³/mol. The van der Waals surface area contributed by atoms with E-state index in [1.165, 1.54) is 6.07 Å². The molecule has 4 nitrogen and oxygen atoms in total. The van der Waals surface area contributed by atoms with Gasteiger partial charge in [-0.15, -0.1) is 0 Å². The second-order valence-electron chi connectivity index (χ2n) is 3.42. The van der Waals surface area contributed by atoms with Crippen molar-refractivity contribution in [3.05, 3.63) is 34.6 Å². The lowest BCUT2D eigenvalue weighted by molar-refractivity contribution is 0.0690. The van der Waals surface area contributed by atoms with E-state index in [-0.39, 0.29) is 5.69 Å². The summed E-state index contributed by atoms with van der Waals surface area (Å²) in [5, 5.41) is 10.5. The monoisotopic (exact) mass is 295 g/mol. The maximum Gasteiger partial charge on any atom is 0.354 e. The van der Waals surface area contributed by atoms with Crippen molar-refractivity contribution in [2.75, 3.05) is 6.61 Å². The van der Waals surface area contributed by atoms with Crippen LogP contribution in [0.3, 0.4) is 0 Å². The van der Waals surface area contributed by atoms with Gasteiger partial charge in [-0.25, -0.2) is 9.78 Å². The Morgan fingerprint density at radius 1 is 1.47 bits per heavy atom. The number of carboxylic acid groups (broad SMARTS) is 1. The number of fused-ring (bicyclic) bond motifs is 1. The van der Waals surface area contributed by atoms with Crippen LogP contribution in [0.2, 0.25) is 0 Å². The first kappa shape index (κ1) is 11.9. The second kappa shape index (κ2) is 4.71. The smallest absolute Gasteiger partial charge is 0.354 e. The van der Waals surface area contributed by atoms with E-state index >= 15 is 0 Å². The largest absolute Gasteiger partial charge is 0.494 e. The minimum absolute atomic E-state index is 0.0218. The molecule has 0 amide bonds. The molecule has 0 saturated heterocycles. The van der Waals surface area contributed by atoms with Crippen molar-refractivity contribution in [1.29, 1.82) is 0 Å². The molecular weight excluding hydrogens is 286 g/mol. The number of pyridine rings is 1. The van der Waals surface area contributed by atoms with Crippen LogP contribution < -0.4 is 4.74 Å². The van der Waals surface area contributed by atoms with Gasteiger partial charge in [0.15, 0.2) is 0 Å². The summed E-state index contributed by atoms with van der Waals surface area (Å²) in [5.41, 5.74) is 0.0218. The van der Waals surface area contributed by atoms with Gasteiger partial charge >= 0.3 is 5.97 Å². The highest BCUT2D eigenvalue weighted by molar-refractivity contribution is 9.10. The number of halogens is 1. The topological polar surface area (TPSA) is 59.4 Å². The summed E-state index contributed by atoms with van der Waals surface area (Å²) >= 11 is 3.27. The van der Waals surface area contributed by atoms with Gasteiger partial charge in [-0.3, -0.25) is 0 Å². The zero-order valence-corrected chi connectivity index (χ0v) is 10.7. The maximum atomic E-state index is 10.9. The number of hydrogen-bond donors (Lipinski definition) is 1. The molecule has 0 fully saturated rings. The summed E-state index contributed by atoms with van der Waals surface area (Å²) < 4.78 is 5.89. The number of ether oxygens (including phenoxy) is 1. The van der Waals surface area contributed by atoms with Gasteiger partial charge in [0, 0.05) is 5.39 Å². The molecule has 0 atom stereocenters. The number of hydrogen-bond acceptors (Lipinski definition) is 3. The van der Waals surface area contributed by atoms with E-state index in [4.69, 9.17) is 9.84 Å². The van der Waals surface area contributed by atoms with Crippen molar-refractivity contribution in [2.45, 2.75) is 6.92 Å². The van der Waals surface area contributed by atoms with Gasteiger partial charge in [0.2, 0.25) is 0 Å². The van der Waals surface area contributed by atoms with Gasteiger partial charge in [0.05, 0.1) is 6.61 Å². The van der Waals surface area contributed by atoms with Crippen molar-refractivity contribution < 1.29 is 14.6 Å². The molecule has 1 heterocycles. The Kier molecular flexibility index (Phi) is 3.28. The van der Waals surface area contributed by atoms with Crippen molar-refractivity contribution in [3.63, 3.8) is 0 Å². The van der Waals surface area contributed by atoms with Gasteiger partial charge in [-0.2, -0.15) is 0 Å². The third-order valence-corrected chi connectivity index (χ3v) is 2.89. The molecule has 17 heavy (non-hydrogen) atoms. The molecule has 0 saturated carbocycles. The van der Waals surface area contributed by atoms with E-state index in [1.54, 1.807) is 0 Å². The van der Waals surface area contributed by atoms with Crippen molar-refractivity contribution in [2.24, 2.45) is 0 Å². The lowest BCUT2D eigenvalue weighted by Gasteiger charge is -2.06. The van der Waals surface area contributed by atoms with E-state index in [0.29, 0.717) is 11.2 Å². The summed E-state index contributed by atoms with van der Waals surface area (Å²) in [4.78, 5) is 14.8. The highest BCUT2D eigenvalue weighted by Gasteiger charge is 2.10. The normalized spacial score (nSPS) is 10.5. The summed E-state index contributed by atoms with van der Waals surface area (Å²) in [5.74, 6) is -0.299. The van der Waals surface area contributed by atoms with E-state index in [1.807, 2.05) is 25.1 Å². The molecule has 0 unspecified atom stereocenters. The Bertz CT molecular complexity index is 583. The molecule has 0 aliphatic heterocycles. The Labute approximate surface area is 106 Å². The van der Waals surface area contributed by atoms with Crippen molar-refractivity contribution in [3.8, 4) is 5.75 Å². The molecule has 88 valence electrons. The SMILES string of the molecule is CCOc1ccc2cc(C(=O)O)nc(Br)c2c1. The van der Waals surface area contributed by atoms with E-state index in [9.17, 15) is 4.79 Å². The Morgan fingerprint density at radius 2 is 2.24 bits per heavy atom. The van der Waals surface area contributed by atoms with Gasteiger partial charge in [-0.1, -0.05) is 6.07 Å². The van der Waals surface area contributed by atoms with Crippen LogP contribution in [-0.2, 0) is 0 Å². The molecule has 0 aliphatic carbocycles. The Morgan fingerprint density at radius 3 is 2.88 bits per heavy atom. The fourth-order valence-corrected chi connectivity index (χ4v) is 2.09. The molecule has 5 heteroatoms. The molecule has 2 rings (SSSR count). The molecule has 2 aromatic rings. The number of rotatable bonds is 3. The van der Waals surface area contributed by atoms with E-state index in [2.05, 4.69) is 20.9 Å². The van der Waals surface area contributed by atoms with Gasteiger partial charge in [0.25, 0.3) is 0 Å². The number of carbonyl (C=O) groups is 1. The fraction of sp³-hybridized carbons (Fsp3) is 0.167. The first-order valence-corrected chi connectivity index (χ1v) is 5.87. The molecule has 1 N–H and O–H groups in total. The molecule has 0 radical (unpaired) electrons. The van der Waals surface area contributed by atoms with Crippen LogP contribution in [0.1, 0.15) is 17.4 Å². The average molecular weight is 296 g/mol. The first-order valence-electron chi connectivity index (χ1n) is 5.08. The highest BCUT2D eigenvalue weighted by atomic mass is 79.9. The molecule has 0 spiro atoms. The number of carboxylic acids is 1. The third kappa shape index (κ3) is 2.39. The summed E-state index contributed by atoms with van der Waals surface area (Å²) in [6.45, 7) is 2.49. The quantitative estimate of drug-likeness (QED) is 0.884. The lowest BCUT2D eigenvalue weighted by Crippen LogP contribution is -2.00. The Balaban J connectivity index is 2.60. The number of aromatic carboxylic acids is 1. The lowest BCUT2D eigenvalue weighted by atomic mass is 10.1. The van der Waals surface area contributed by atoms with Crippen LogP contribution in [0.5, 0.6) is 5.75 Å². The summed E-state index contributed by atoms with van der Waals surface area (Å²) in [6, 6.07) is 7.00. The number of nitrogens with zero attached hydrogens (tertiary/aromatic N) is 1. The molecular formula is C12H10BrNO3. The molecule has 0 bridgehead atoms. The number of benzene rings is 1. The Hall–Kier alpha value is -1.62. The van der Waals surface area contributed by atoms with Crippen LogP contribution in [-0.4, -0.2) is 22.7 Å². The van der Waals surface area contributed by atoms with Gasteiger partial charge in [0.1, 0.15) is 16.0 Å². The predicted octanol–water partition coefficient (Wildman–Crippen LogP) is 3.09. The van der Waals surface area contributed by atoms with Crippen LogP contribution in [0, 0.1) is 0 Å². The second-order valence-corrected chi connectivity index (χ2v) is 4.17. The molecule has 1 aromatic heterocycles. The highest BCUT2D eigenvalue weighted by Crippen LogP contribution is 2.27. The van der Waals surface area contributed by atoms with Crippen LogP contribution in [0.15, 0.2) is 28.9 Å². The summed E-state index contributed by atoms with van der Waals surface area (Å²) in [6.07, 6.45) is 0. The first-order chi connectivity index (χ1) is 8.11. The van der Waals surface area contributed by atoms with Crippen LogP contribution in [0.25, 0.3) is 10.8 Å². The molecule has 1 aromatic carbocycles. The summed E-state index contributed by atoms with van der Waals surface area (Å²) in [7, 11) is 0.